The van der Waals surface area contributed by atoms with Crippen molar-refractivity contribution in [3.8, 4) is 0 Å². The third kappa shape index (κ3) is 11.6. The zero-order valence-corrected chi connectivity index (χ0v) is 11.4. The molecule has 0 aliphatic carbocycles. The Bertz CT molecular complexity index is 252. The lowest BCUT2D eigenvalue weighted by Gasteiger charge is -1.82. The number of nitrogens with zero attached hydrogens (tertiary/aromatic N) is 1. The standard InChI is InChI=1S/2C3H7NO.C3H5NO.C3H3NO/c1-2-5-3-4-1;3*1-2-4-5-3-1/h2*4H,1-3H2;1,3-4H,2H2;1-3H. The molecule has 0 amide bonds. The Kier molecular flexibility index (Phi) is 11.6. The Morgan fingerprint density at radius 2 is 2.10 bits per heavy atom. The van der Waals surface area contributed by atoms with Crippen LogP contribution in [0.15, 0.2) is 35.4 Å². The van der Waals surface area contributed by atoms with Crippen LogP contribution < -0.4 is 16.3 Å². The zero-order valence-electron chi connectivity index (χ0n) is 11.4. The molecule has 4 heterocycles. The first-order chi connectivity index (χ1) is 10.0. The van der Waals surface area contributed by atoms with Crippen LogP contribution in [0, 0.1) is 0 Å². The normalized spacial score (nSPS) is 18.8. The van der Waals surface area contributed by atoms with Crippen molar-refractivity contribution in [3.63, 3.8) is 0 Å². The molecule has 0 atom stereocenters. The number of hydrogen-bond acceptors (Lipinski definition) is 8. The summed E-state index contributed by atoms with van der Waals surface area (Å²) in [5.74, 6) is 0. The van der Waals surface area contributed by atoms with Crippen molar-refractivity contribution in [2.75, 3.05) is 39.6 Å². The number of aromatic nitrogens is 1. The summed E-state index contributed by atoms with van der Waals surface area (Å²) in [6.45, 7) is 5.43. The van der Waals surface area contributed by atoms with Gasteiger partial charge in [-0.15, -0.1) is 0 Å². The summed E-state index contributed by atoms with van der Waals surface area (Å²) in [4.78, 5) is 9.21. The summed E-state index contributed by atoms with van der Waals surface area (Å²) >= 11 is 0. The third-order valence-electron chi connectivity index (χ3n) is 2.05. The fourth-order valence-corrected chi connectivity index (χ4v) is 1.14. The molecule has 20 heavy (non-hydrogen) atoms. The minimum Gasteiger partial charge on any atom is -0.417 e. The lowest BCUT2D eigenvalue weighted by atomic mass is 10.5. The summed E-state index contributed by atoms with van der Waals surface area (Å²) in [6.07, 6.45) is 7.79. The zero-order chi connectivity index (χ0) is 14.1. The van der Waals surface area contributed by atoms with E-state index < -0.39 is 0 Å². The molecule has 0 bridgehead atoms. The van der Waals surface area contributed by atoms with Crippen LogP contribution in [-0.2, 0) is 14.4 Å². The van der Waals surface area contributed by atoms with E-state index in [9.17, 15) is 0 Å². The van der Waals surface area contributed by atoms with E-state index in [0.717, 1.165) is 39.6 Å². The maximum Gasteiger partial charge on any atom is 0.123 e. The van der Waals surface area contributed by atoms with Crippen LogP contribution in [0.3, 0.4) is 0 Å². The van der Waals surface area contributed by atoms with Crippen molar-refractivity contribution in [1.82, 2.24) is 21.4 Å². The second-order valence-corrected chi connectivity index (χ2v) is 3.68. The van der Waals surface area contributed by atoms with Gasteiger partial charge in [-0.2, -0.15) is 5.48 Å². The highest BCUT2D eigenvalue weighted by atomic mass is 16.7. The molecule has 0 saturated carbocycles. The SMILES string of the molecule is C1=CONC1.C1CNOC1.C1COCN1.c1cnoc1. The van der Waals surface area contributed by atoms with Gasteiger partial charge in [0.15, 0.2) is 0 Å². The van der Waals surface area contributed by atoms with Gasteiger partial charge in [0.05, 0.1) is 32.7 Å². The third-order valence-corrected chi connectivity index (χ3v) is 2.05. The first-order valence-corrected chi connectivity index (χ1v) is 6.51. The highest BCUT2D eigenvalue weighted by molar-refractivity contribution is 4.78. The lowest BCUT2D eigenvalue weighted by Crippen LogP contribution is -2.05. The first kappa shape index (κ1) is 16.6. The van der Waals surface area contributed by atoms with E-state index in [2.05, 4.69) is 30.8 Å². The Morgan fingerprint density at radius 1 is 1.10 bits per heavy atom. The van der Waals surface area contributed by atoms with Crippen molar-refractivity contribution in [3.05, 3.63) is 30.9 Å². The van der Waals surface area contributed by atoms with Crippen molar-refractivity contribution < 1.29 is 18.9 Å². The molecular formula is C12H22N4O4. The molecule has 8 nitrogen and oxygen atoms in total. The van der Waals surface area contributed by atoms with Crippen LogP contribution in [-0.4, -0.2) is 44.7 Å². The summed E-state index contributed by atoms with van der Waals surface area (Å²) in [7, 11) is 0. The van der Waals surface area contributed by atoms with Gasteiger partial charge >= 0.3 is 0 Å². The van der Waals surface area contributed by atoms with Crippen LogP contribution in [0.1, 0.15) is 6.42 Å². The number of hydrogen-bond donors (Lipinski definition) is 3. The number of rotatable bonds is 0. The Hall–Kier alpha value is -1.45. The molecule has 3 N–H and O–H groups in total. The van der Waals surface area contributed by atoms with E-state index in [1.165, 1.54) is 12.7 Å². The van der Waals surface area contributed by atoms with E-state index >= 15 is 0 Å². The molecule has 1 aromatic heterocycles. The number of hydroxylamine groups is 2. The molecular weight excluding hydrogens is 264 g/mol. The van der Waals surface area contributed by atoms with Gasteiger partial charge in [-0.3, -0.25) is 5.32 Å². The summed E-state index contributed by atoms with van der Waals surface area (Å²) in [5, 5.41) is 6.35. The lowest BCUT2D eigenvalue weighted by molar-refractivity contribution is 0.103. The number of nitrogens with one attached hydrogen (secondary N) is 3. The molecule has 3 aliphatic heterocycles. The molecule has 0 spiro atoms. The van der Waals surface area contributed by atoms with Gasteiger partial charge in [0.25, 0.3) is 0 Å². The van der Waals surface area contributed by atoms with Crippen molar-refractivity contribution in [1.29, 1.82) is 0 Å². The smallest absolute Gasteiger partial charge is 0.123 e. The average Bonchev–Trinajstić information content (AvgIpc) is 3.40. The second-order valence-electron chi connectivity index (χ2n) is 3.68. The van der Waals surface area contributed by atoms with Crippen LogP contribution in [0.25, 0.3) is 0 Å². The van der Waals surface area contributed by atoms with Crippen molar-refractivity contribution >= 4 is 0 Å². The maximum atomic E-state index is 4.83. The molecule has 114 valence electrons. The van der Waals surface area contributed by atoms with E-state index in [0.29, 0.717) is 0 Å². The van der Waals surface area contributed by atoms with Crippen LogP contribution >= 0.6 is 0 Å². The molecule has 0 radical (unpaired) electrons. The van der Waals surface area contributed by atoms with E-state index in [1.807, 2.05) is 6.08 Å². The molecule has 1 aromatic rings. The molecule has 2 saturated heterocycles. The van der Waals surface area contributed by atoms with Gasteiger partial charge in [-0.25, -0.2) is 5.48 Å². The Labute approximate surface area is 118 Å². The van der Waals surface area contributed by atoms with Crippen LogP contribution in [0.5, 0.6) is 0 Å². The summed E-state index contributed by atoms with van der Waals surface area (Å²) in [5.41, 5.74) is 5.33. The molecule has 0 unspecified atom stereocenters. The van der Waals surface area contributed by atoms with Gasteiger partial charge in [0, 0.05) is 13.1 Å². The first-order valence-electron chi connectivity index (χ1n) is 6.51. The molecule has 2 fully saturated rings. The molecule has 3 aliphatic rings. The predicted octanol–water partition coefficient (Wildman–Crippen LogP) is 0.185. The highest BCUT2D eigenvalue weighted by Gasteiger charge is 1.93. The Balaban J connectivity index is 0.000000133. The van der Waals surface area contributed by atoms with E-state index in [4.69, 9.17) is 9.57 Å². The van der Waals surface area contributed by atoms with E-state index in [-0.39, 0.29) is 0 Å². The second kappa shape index (κ2) is 14.0. The predicted molar refractivity (Wildman–Crippen MR) is 72.1 cm³/mol. The van der Waals surface area contributed by atoms with Crippen LogP contribution in [0.4, 0.5) is 0 Å². The summed E-state index contributed by atoms with van der Waals surface area (Å²) < 4.78 is 9.17. The summed E-state index contributed by atoms with van der Waals surface area (Å²) in [6, 6.07) is 1.72. The van der Waals surface area contributed by atoms with Crippen molar-refractivity contribution in [2.45, 2.75) is 6.42 Å². The van der Waals surface area contributed by atoms with E-state index in [1.54, 1.807) is 18.5 Å². The molecule has 0 aromatic carbocycles. The number of ether oxygens (including phenoxy) is 1. The minimum absolute atomic E-state index is 0.750. The van der Waals surface area contributed by atoms with Crippen LogP contribution in [0.2, 0.25) is 0 Å². The quantitative estimate of drug-likeness (QED) is 0.622. The minimum atomic E-state index is 0.750. The molecule has 4 rings (SSSR count). The monoisotopic (exact) mass is 286 g/mol. The highest BCUT2D eigenvalue weighted by Crippen LogP contribution is 1.83. The fraction of sp³-hybridized carbons (Fsp3) is 0.583. The largest absolute Gasteiger partial charge is 0.417 e. The molecule has 8 heteroatoms. The Morgan fingerprint density at radius 3 is 2.30 bits per heavy atom. The van der Waals surface area contributed by atoms with Crippen molar-refractivity contribution in [2.24, 2.45) is 0 Å². The van der Waals surface area contributed by atoms with Gasteiger partial charge in [-0.1, -0.05) is 5.16 Å². The maximum absolute atomic E-state index is 4.83. The van der Waals surface area contributed by atoms with Gasteiger partial charge in [0.2, 0.25) is 0 Å². The van der Waals surface area contributed by atoms with Gasteiger partial charge in [0.1, 0.15) is 12.5 Å². The van der Waals surface area contributed by atoms with Gasteiger partial charge in [-0.05, 0) is 18.6 Å². The average molecular weight is 286 g/mol. The van der Waals surface area contributed by atoms with Gasteiger partial charge < -0.3 is 18.9 Å². The topological polar surface area (TPSA) is 89.8 Å². The fourth-order valence-electron chi connectivity index (χ4n) is 1.14.